The SMILES string of the molecule is CCC(=CC(=O)CP(=O)(O)O)CC. The number of carbonyl (C=O) groups is 1. The molecule has 0 aromatic heterocycles. The second-order valence-corrected chi connectivity index (χ2v) is 4.44. The minimum absolute atomic E-state index is 0.493. The van der Waals surface area contributed by atoms with E-state index in [4.69, 9.17) is 9.79 Å². The molecule has 13 heavy (non-hydrogen) atoms. The van der Waals surface area contributed by atoms with Crippen molar-refractivity contribution in [2.45, 2.75) is 26.7 Å². The molecule has 5 heteroatoms. The highest BCUT2D eigenvalue weighted by Gasteiger charge is 2.17. The third-order valence-corrected chi connectivity index (χ3v) is 2.36. The number of rotatable bonds is 5. The van der Waals surface area contributed by atoms with Gasteiger partial charge in [-0.15, -0.1) is 0 Å². The van der Waals surface area contributed by atoms with Crippen LogP contribution >= 0.6 is 7.60 Å². The van der Waals surface area contributed by atoms with E-state index in [2.05, 4.69) is 0 Å². The quantitative estimate of drug-likeness (QED) is 0.527. The first-order chi connectivity index (χ1) is 5.89. The van der Waals surface area contributed by atoms with Crippen LogP contribution in [0.2, 0.25) is 0 Å². The predicted octanol–water partition coefficient (Wildman–Crippen LogP) is 1.48. The molecule has 0 fully saturated rings. The fraction of sp³-hybridized carbons (Fsp3) is 0.625. The van der Waals surface area contributed by atoms with Crippen molar-refractivity contribution in [3.05, 3.63) is 11.6 Å². The molecule has 0 saturated carbocycles. The van der Waals surface area contributed by atoms with Crippen LogP contribution in [0.1, 0.15) is 26.7 Å². The van der Waals surface area contributed by atoms with Crippen molar-refractivity contribution < 1.29 is 19.1 Å². The molecule has 0 amide bonds. The minimum atomic E-state index is -4.19. The Morgan fingerprint density at radius 1 is 1.31 bits per heavy atom. The second kappa shape index (κ2) is 5.32. The lowest BCUT2D eigenvalue weighted by Gasteiger charge is -2.01. The van der Waals surface area contributed by atoms with Crippen molar-refractivity contribution in [2.75, 3.05) is 6.16 Å². The maximum Gasteiger partial charge on any atom is 0.333 e. The average molecular weight is 206 g/mol. The van der Waals surface area contributed by atoms with Gasteiger partial charge in [0.2, 0.25) is 0 Å². The van der Waals surface area contributed by atoms with Crippen molar-refractivity contribution in [2.24, 2.45) is 0 Å². The third kappa shape index (κ3) is 6.70. The zero-order valence-corrected chi connectivity index (χ0v) is 8.75. The van der Waals surface area contributed by atoms with Crippen molar-refractivity contribution in [3.63, 3.8) is 0 Å². The lowest BCUT2D eigenvalue weighted by Crippen LogP contribution is -2.02. The molecule has 0 heterocycles. The van der Waals surface area contributed by atoms with E-state index in [9.17, 15) is 9.36 Å². The summed E-state index contributed by atoms with van der Waals surface area (Å²) in [5.74, 6) is -0.493. The van der Waals surface area contributed by atoms with Crippen LogP contribution in [0.5, 0.6) is 0 Å². The molecule has 0 unspecified atom stereocenters. The highest BCUT2D eigenvalue weighted by atomic mass is 31.2. The Morgan fingerprint density at radius 3 is 2.08 bits per heavy atom. The fourth-order valence-electron chi connectivity index (χ4n) is 0.930. The van der Waals surface area contributed by atoms with Gasteiger partial charge in [-0.05, 0) is 18.9 Å². The predicted molar refractivity (Wildman–Crippen MR) is 50.6 cm³/mol. The summed E-state index contributed by atoms with van der Waals surface area (Å²) in [6, 6.07) is 0. The van der Waals surface area contributed by atoms with Gasteiger partial charge in [0.25, 0.3) is 0 Å². The van der Waals surface area contributed by atoms with Crippen LogP contribution in [0.3, 0.4) is 0 Å². The van der Waals surface area contributed by atoms with E-state index in [0.717, 1.165) is 18.4 Å². The van der Waals surface area contributed by atoms with E-state index in [1.165, 1.54) is 6.08 Å². The summed E-state index contributed by atoms with van der Waals surface area (Å²) < 4.78 is 10.4. The molecule has 0 rings (SSSR count). The van der Waals surface area contributed by atoms with Crippen LogP contribution in [-0.2, 0) is 9.36 Å². The Morgan fingerprint density at radius 2 is 1.77 bits per heavy atom. The minimum Gasteiger partial charge on any atom is -0.324 e. The molecule has 4 nitrogen and oxygen atoms in total. The Labute approximate surface area is 77.8 Å². The maximum atomic E-state index is 11.0. The Kier molecular flexibility index (Phi) is 5.14. The monoisotopic (exact) mass is 206 g/mol. The van der Waals surface area contributed by atoms with Gasteiger partial charge in [0.05, 0.1) is 0 Å². The van der Waals surface area contributed by atoms with Crippen molar-refractivity contribution >= 4 is 13.4 Å². The zero-order valence-electron chi connectivity index (χ0n) is 7.86. The summed E-state index contributed by atoms with van der Waals surface area (Å²) in [6.07, 6.45) is 2.13. The summed E-state index contributed by atoms with van der Waals surface area (Å²) in [6.45, 7) is 3.81. The largest absolute Gasteiger partial charge is 0.333 e. The average Bonchev–Trinajstić information content (AvgIpc) is 1.96. The van der Waals surface area contributed by atoms with Crippen LogP contribution in [0, 0.1) is 0 Å². The smallest absolute Gasteiger partial charge is 0.324 e. The summed E-state index contributed by atoms with van der Waals surface area (Å²) in [4.78, 5) is 28.0. The summed E-state index contributed by atoms with van der Waals surface area (Å²) >= 11 is 0. The van der Waals surface area contributed by atoms with Gasteiger partial charge in [-0.3, -0.25) is 9.36 Å². The van der Waals surface area contributed by atoms with Gasteiger partial charge >= 0.3 is 7.60 Å². The van der Waals surface area contributed by atoms with Gasteiger partial charge in [0.1, 0.15) is 6.16 Å². The Balaban J connectivity index is 4.29. The molecular weight excluding hydrogens is 191 g/mol. The molecule has 0 aromatic carbocycles. The molecule has 0 bridgehead atoms. The standard InChI is InChI=1S/C8H15O4P/c1-3-7(4-2)5-8(9)6-13(10,11)12/h5H,3-4,6H2,1-2H3,(H2,10,11,12). The summed E-state index contributed by atoms with van der Waals surface area (Å²) in [5, 5.41) is 0. The molecule has 0 aliphatic rings. The zero-order chi connectivity index (χ0) is 10.5. The molecule has 0 aliphatic heterocycles. The molecule has 0 spiro atoms. The van der Waals surface area contributed by atoms with Gasteiger partial charge in [-0.2, -0.15) is 0 Å². The summed E-state index contributed by atoms with van der Waals surface area (Å²) in [5.41, 5.74) is 0.915. The van der Waals surface area contributed by atoms with Gasteiger partial charge in [-0.1, -0.05) is 19.4 Å². The van der Waals surface area contributed by atoms with Gasteiger partial charge in [0.15, 0.2) is 5.78 Å². The molecule has 76 valence electrons. The number of hydrogen-bond acceptors (Lipinski definition) is 2. The maximum absolute atomic E-state index is 11.0. The first-order valence-corrected chi connectivity index (χ1v) is 5.95. The lowest BCUT2D eigenvalue weighted by molar-refractivity contribution is -0.112. The number of carbonyl (C=O) groups excluding carboxylic acids is 1. The molecule has 0 aliphatic carbocycles. The fourth-order valence-corrected chi connectivity index (χ4v) is 1.43. The number of ketones is 1. The molecule has 0 aromatic rings. The third-order valence-electron chi connectivity index (χ3n) is 1.64. The topological polar surface area (TPSA) is 74.6 Å². The van der Waals surface area contributed by atoms with Crippen LogP contribution in [-0.4, -0.2) is 21.7 Å². The first-order valence-electron chi connectivity index (χ1n) is 4.16. The van der Waals surface area contributed by atoms with Gasteiger partial charge in [-0.25, -0.2) is 0 Å². The molecule has 2 N–H and O–H groups in total. The number of allylic oxidation sites excluding steroid dienone is 2. The first kappa shape index (κ1) is 12.6. The highest BCUT2D eigenvalue weighted by Crippen LogP contribution is 2.34. The van der Waals surface area contributed by atoms with Crippen molar-refractivity contribution in [1.82, 2.24) is 0 Å². The van der Waals surface area contributed by atoms with Gasteiger partial charge < -0.3 is 9.79 Å². The van der Waals surface area contributed by atoms with Crippen LogP contribution in [0.4, 0.5) is 0 Å². The van der Waals surface area contributed by atoms with Crippen molar-refractivity contribution in [3.8, 4) is 0 Å². The normalized spacial score (nSPS) is 11.1. The number of hydrogen-bond donors (Lipinski definition) is 2. The summed E-state index contributed by atoms with van der Waals surface area (Å²) in [7, 11) is -4.19. The molecule has 0 radical (unpaired) electrons. The van der Waals surface area contributed by atoms with Crippen LogP contribution in [0.25, 0.3) is 0 Å². The Bertz CT molecular complexity index is 245. The molecule has 0 atom stereocenters. The van der Waals surface area contributed by atoms with E-state index >= 15 is 0 Å². The van der Waals surface area contributed by atoms with E-state index < -0.39 is 19.5 Å². The van der Waals surface area contributed by atoms with Gasteiger partial charge in [0, 0.05) is 0 Å². The lowest BCUT2D eigenvalue weighted by atomic mass is 10.1. The second-order valence-electron chi connectivity index (χ2n) is 2.80. The molecule has 0 saturated heterocycles. The van der Waals surface area contributed by atoms with E-state index in [-0.39, 0.29) is 0 Å². The van der Waals surface area contributed by atoms with Crippen LogP contribution < -0.4 is 0 Å². The Hall–Kier alpha value is -0.440. The highest BCUT2D eigenvalue weighted by molar-refractivity contribution is 7.52. The van der Waals surface area contributed by atoms with E-state index in [0.29, 0.717) is 0 Å². The van der Waals surface area contributed by atoms with Crippen LogP contribution in [0.15, 0.2) is 11.6 Å². The van der Waals surface area contributed by atoms with E-state index in [1.807, 2.05) is 13.8 Å². The molecular formula is C8H15O4P. The van der Waals surface area contributed by atoms with E-state index in [1.54, 1.807) is 0 Å². The van der Waals surface area contributed by atoms with Crippen molar-refractivity contribution in [1.29, 1.82) is 0 Å².